The van der Waals surface area contributed by atoms with Gasteiger partial charge in [-0.05, 0) is 37.8 Å². The number of hydrogen-bond donors (Lipinski definition) is 1. The molecule has 1 aliphatic heterocycles. The minimum atomic E-state index is -0.872. The second-order valence-electron chi connectivity index (χ2n) is 7.21. The van der Waals surface area contributed by atoms with Crippen molar-refractivity contribution in [1.29, 1.82) is 0 Å². The number of carbonyl (C=O) groups excluding carboxylic acids is 2. The number of hydrogen-bond acceptors (Lipinski definition) is 3. The maximum Gasteiger partial charge on any atom is 0.307 e. The molecule has 2 amide bonds. The highest BCUT2D eigenvalue weighted by molar-refractivity contribution is 5.94. The molecule has 26 heavy (non-hydrogen) atoms. The summed E-state index contributed by atoms with van der Waals surface area (Å²) in [5.74, 6) is -1.73. The van der Waals surface area contributed by atoms with Crippen molar-refractivity contribution in [2.24, 2.45) is 11.8 Å². The van der Waals surface area contributed by atoms with Crippen molar-refractivity contribution in [2.45, 2.75) is 38.6 Å². The minimum Gasteiger partial charge on any atom is -0.481 e. The molecule has 1 aromatic rings. The van der Waals surface area contributed by atoms with Crippen LogP contribution in [0.4, 0.5) is 0 Å². The van der Waals surface area contributed by atoms with Crippen molar-refractivity contribution in [1.82, 2.24) is 9.80 Å². The molecular weight excluding hydrogens is 332 g/mol. The molecule has 2 atom stereocenters. The van der Waals surface area contributed by atoms with Crippen molar-refractivity contribution in [3.05, 3.63) is 35.9 Å². The van der Waals surface area contributed by atoms with Gasteiger partial charge < -0.3 is 14.9 Å². The Hall–Kier alpha value is -2.37. The first-order valence-electron chi connectivity index (χ1n) is 9.40. The van der Waals surface area contributed by atoms with E-state index in [0.29, 0.717) is 31.6 Å². The van der Waals surface area contributed by atoms with Crippen LogP contribution in [0.5, 0.6) is 0 Å². The summed E-state index contributed by atoms with van der Waals surface area (Å²) < 4.78 is 0. The lowest BCUT2D eigenvalue weighted by Gasteiger charge is -2.38. The molecule has 1 aromatic carbocycles. The quantitative estimate of drug-likeness (QED) is 0.846. The zero-order valence-corrected chi connectivity index (χ0v) is 15.1. The lowest BCUT2D eigenvalue weighted by Crippen LogP contribution is -2.49. The summed E-state index contributed by atoms with van der Waals surface area (Å²) in [5.41, 5.74) is 0.690. The van der Waals surface area contributed by atoms with Gasteiger partial charge >= 0.3 is 5.97 Å². The Morgan fingerprint density at radius 3 is 2.31 bits per heavy atom. The summed E-state index contributed by atoms with van der Waals surface area (Å²) in [5, 5.41) is 9.08. The molecule has 0 bridgehead atoms. The monoisotopic (exact) mass is 358 g/mol. The second-order valence-corrected chi connectivity index (χ2v) is 7.21. The van der Waals surface area contributed by atoms with E-state index in [2.05, 4.69) is 0 Å². The molecule has 1 saturated heterocycles. The molecule has 0 spiro atoms. The van der Waals surface area contributed by atoms with E-state index in [1.54, 1.807) is 0 Å². The van der Waals surface area contributed by atoms with E-state index in [0.717, 1.165) is 19.3 Å². The predicted octanol–water partition coefficient (Wildman–Crippen LogP) is 2.25. The zero-order valence-electron chi connectivity index (χ0n) is 15.1. The maximum absolute atomic E-state index is 12.7. The summed E-state index contributed by atoms with van der Waals surface area (Å²) in [6.07, 6.45) is 2.79. The third-order valence-corrected chi connectivity index (χ3v) is 5.39. The van der Waals surface area contributed by atoms with Gasteiger partial charge in [-0.3, -0.25) is 14.4 Å². The third kappa shape index (κ3) is 3.89. The number of carboxylic acid groups (broad SMARTS) is 1. The Labute approximate surface area is 153 Å². The maximum atomic E-state index is 12.7. The molecule has 2 fully saturated rings. The molecule has 6 nitrogen and oxygen atoms in total. The highest BCUT2D eigenvalue weighted by Crippen LogP contribution is 2.41. The number of piperidine rings is 1. The van der Waals surface area contributed by atoms with Crippen molar-refractivity contribution < 1.29 is 19.5 Å². The summed E-state index contributed by atoms with van der Waals surface area (Å²) in [7, 11) is 0. The first kappa shape index (κ1) is 18.4. The number of carbonyl (C=O) groups is 3. The van der Waals surface area contributed by atoms with E-state index in [4.69, 9.17) is 5.11 Å². The molecular formula is C20H26N2O4. The molecule has 1 aliphatic carbocycles. The van der Waals surface area contributed by atoms with Crippen molar-refractivity contribution in [3.8, 4) is 0 Å². The van der Waals surface area contributed by atoms with Gasteiger partial charge in [0.05, 0.1) is 11.8 Å². The molecule has 3 rings (SSSR count). The molecule has 2 unspecified atom stereocenters. The number of amides is 2. The molecule has 6 heteroatoms. The minimum absolute atomic E-state index is 0.0212. The van der Waals surface area contributed by atoms with Crippen LogP contribution in [0, 0.1) is 11.8 Å². The van der Waals surface area contributed by atoms with Crippen LogP contribution >= 0.6 is 0 Å². The van der Waals surface area contributed by atoms with Crippen LogP contribution in [0.1, 0.15) is 43.0 Å². The lowest BCUT2D eigenvalue weighted by atomic mass is 10.0. The summed E-state index contributed by atoms with van der Waals surface area (Å²) in [4.78, 5) is 40.1. The number of aliphatic carboxylic acids is 1. The fourth-order valence-corrected chi connectivity index (χ4v) is 3.81. The number of benzene rings is 1. The Balaban J connectivity index is 1.59. The van der Waals surface area contributed by atoms with Crippen LogP contribution in [0.3, 0.4) is 0 Å². The van der Waals surface area contributed by atoms with Crippen LogP contribution in [-0.2, 0) is 9.59 Å². The standard InChI is InChI=1S/C20H26N2O4/c1-2-10-22(19(24)16-13-17(16)20(25)26)15-8-11-21(12-9-15)18(23)14-6-4-3-5-7-14/h3-7,15-17H,2,8-13H2,1H3,(H,25,26). The van der Waals surface area contributed by atoms with E-state index in [9.17, 15) is 14.4 Å². The summed E-state index contributed by atoms with van der Waals surface area (Å²) >= 11 is 0. The first-order chi connectivity index (χ1) is 12.5. The van der Waals surface area contributed by atoms with Gasteiger partial charge in [-0.2, -0.15) is 0 Å². The van der Waals surface area contributed by atoms with Gasteiger partial charge in [-0.25, -0.2) is 0 Å². The highest BCUT2D eigenvalue weighted by Gasteiger charge is 2.50. The fourth-order valence-electron chi connectivity index (χ4n) is 3.81. The Morgan fingerprint density at radius 1 is 1.12 bits per heavy atom. The molecule has 1 saturated carbocycles. The Bertz CT molecular complexity index is 668. The SMILES string of the molecule is CCCN(C(=O)C1CC1C(=O)O)C1CCN(C(=O)c2ccccc2)CC1. The third-order valence-electron chi connectivity index (χ3n) is 5.39. The Kier molecular flexibility index (Phi) is 5.59. The van der Waals surface area contributed by atoms with Crippen molar-refractivity contribution in [3.63, 3.8) is 0 Å². The summed E-state index contributed by atoms with van der Waals surface area (Å²) in [6.45, 7) is 3.92. The normalized spacial score (nSPS) is 22.7. The average molecular weight is 358 g/mol. The van der Waals surface area contributed by atoms with Crippen LogP contribution in [0.2, 0.25) is 0 Å². The number of rotatable bonds is 6. The van der Waals surface area contributed by atoms with Crippen LogP contribution in [0.25, 0.3) is 0 Å². The molecule has 0 radical (unpaired) electrons. The molecule has 1 N–H and O–H groups in total. The Morgan fingerprint density at radius 2 is 1.77 bits per heavy atom. The second kappa shape index (κ2) is 7.89. The molecule has 0 aromatic heterocycles. The van der Waals surface area contributed by atoms with E-state index < -0.39 is 11.9 Å². The van der Waals surface area contributed by atoms with Gasteiger partial charge in [0, 0.05) is 31.2 Å². The lowest BCUT2D eigenvalue weighted by molar-refractivity contribution is -0.143. The number of nitrogens with zero attached hydrogens (tertiary/aromatic N) is 2. The fraction of sp³-hybridized carbons (Fsp3) is 0.550. The van der Waals surface area contributed by atoms with Gasteiger partial charge in [0.25, 0.3) is 5.91 Å². The smallest absolute Gasteiger partial charge is 0.307 e. The largest absolute Gasteiger partial charge is 0.481 e. The van der Waals surface area contributed by atoms with E-state index in [1.807, 2.05) is 47.1 Å². The summed E-state index contributed by atoms with van der Waals surface area (Å²) in [6, 6.07) is 9.34. The van der Waals surface area contributed by atoms with E-state index >= 15 is 0 Å². The predicted molar refractivity (Wildman–Crippen MR) is 96.6 cm³/mol. The van der Waals surface area contributed by atoms with Crippen LogP contribution in [-0.4, -0.2) is 58.4 Å². The number of likely N-dealkylation sites (tertiary alicyclic amines) is 1. The molecule has 1 heterocycles. The van der Waals surface area contributed by atoms with Crippen LogP contribution < -0.4 is 0 Å². The van der Waals surface area contributed by atoms with Gasteiger partial charge in [-0.15, -0.1) is 0 Å². The van der Waals surface area contributed by atoms with Gasteiger partial charge in [0.2, 0.25) is 5.91 Å². The van der Waals surface area contributed by atoms with E-state index in [-0.39, 0.29) is 23.8 Å². The first-order valence-corrected chi connectivity index (χ1v) is 9.40. The molecule has 2 aliphatic rings. The van der Waals surface area contributed by atoms with Gasteiger partial charge in [0.15, 0.2) is 0 Å². The van der Waals surface area contributed by atoms with E-state index in [1.165, 1.54) is 0 Å². The van der Waals surface area contributed by atoms with Gasteiger partial charge in [0.1, 0.15) is 0 Å². The van der Waals surface area contributed by atoms with Crippen molar-refractivity contribution in [2.75, 3.05) is 19.6 Å². The van der Waals surface area contributed by atoms with Crippen LogP contribution in [0.15, 0.2) is 30.3 Å². The van der Waals surface area contributed by atoms with Gasteiger partial charge in [-0.1, -0.05) is 25.1 Å². The zero-order chi connectivity index (χ0) is 18.7. The topological polar surface area (TPSA) is 77.9 Å². The number of carboxylic acids is 1. The average Bonchev–Trinajstić information content (AvgIpc) is 3.47. The van der Waals surface area contributed by atoms with Crippen molar-refractivity contribution >= 4 is 17.8 Å². The highest BCUT2D eigenvalue weighted by atomic mass is 16.4. The molecule has 140 valence electrons.